The van der Waals surface area contributed by atoms with Crippen molar-refractivity contribution < 1.29 is 22.8 Å². The maximum absolute atomic E-state index is 12.9. The first-order valence-electron chi connectivity index (χ1n) is 8.55. The molecule has 2 aromatic carbocycles. The molecule has 2 atom stereocenters. The van der Waals surface area contributed by atoms with E-state index in [2.05, 4.69) is 26.6 Å². The van der Waals surface area contributed by atoms with Crippen LogP contribution in [-0.2, 0) is 15.8 Å². The highest BCUT2D eigenvalue weighted by molar-refractivity contribution is 9.10. The average Bonchev–Trinajstić information content (AvgIpc) is 2.60. The molecule has 2 N–H and O–H groups in total. The molecule has 0 aliphatic carbocycles. The van der Waals surface area contributed by atoms with Crippen LogP contribution in [0.3, 0.4) is 0 Å². The SMILES string of the molecule is CC(=O)NC(CC(=O)NC(C)c1cccc(C(F)(F)F)c1)c1ccc(Br)cc1. The summed E-state index contributed by atoms with van der Waals surface area (Å²) in [6.45, 7) is 2.97. The third-order valence-corrected chi connectivity index (χ3v) is 4.66. The molecule has 28 heavy (non-hydrogen) atoms. The van der Waals surface area contributed by atoms with Crippen LogP contribution in [0.25, 0.3) is 0 Å². The molecule has 4 nitrogen and oxygen atoms in total. The van der Waals surface area contributed by atoms with Crippen LogP contribution < -0.4 is 10.6 Å². The summed E-state index contributed by atoms with van der Waals surface area (Å²) in [7, 11) is 0. The molecular weight excluding hydrogens is 437 g/mol. The van der Waals surface area contributed by atoms with E-state index in [-0.39, 0.29) is 18.2 Å². The monoisotopic (exact) mass is 456 g/mol. The Morgan fingerprint density at radius 3 is 2.25 bits per heavy atom. The minimum absolute atomic E-state index is 0.0372. The molecule has 8 heteroatoms. The number of hydrogen-bond acceptors (Lipinski definition) is 2. The van der Waals surface area contributed by atoms with E-state index < -0.39 is 23.8 Å². The van der Waals surface area contributed by atoms with Crippen molar-refractivity contribution in [2.75, 3.05) is 0 Å². The van der Waals surface area contributed by atoms with E-state index >= 15 is 0 Å². The minimum atomic E-state index is -4.45. The summed E-state index contributed by atoms with van der Waals surface area (Å²) in [6.07, 6.45) is -4.48. The van der Waals surface area contributed by atoms with Crippen molar-refractivity contribution in [2.45, 2.75) is 38.5 Å². The van der Waals surface area contributed by atoms with Crippen molar-refractivity contribution >= 4 is 27.7 Å². The fourth-order valence-electron chi connectivity index (χ4n) is 2.75. The summed E-state index contributed by atoms with van der Waals surface area (Å²) < 4.78 is 39.5. The minimum Gasteiger partial charge on any atom is -0.350 e. The van der Waals surface area contributed by atoms with Crippen LogP contribution in [0.2, 0.25) is 0 Å². The Kier molecular flexibility index (Phi) is 7.23. The lowest BCUT2D eigenvalue weighted by atomic mass is 10.0. The zero-order valence-electron chi connectivity index (χ0n) is 15.3. The van der Waals surface area contributed by atoms with Crippen LogP contribution in [0, 0.1) is 0 Å². The molecular formula is C20H20BrF3N2O2. The van der Waals surface area contributed by atoms with E-state index in [4.69, 9.17) is 0 Å². The number of nitrogens with one attached hydrogen (secondary N) is 2. The highest BCUT2D eigenvalue weighted by Gasteiger charge is 2.30. The summed E-state index contributed by atoms with van der Waals surface area (Å²) >= 11 is 3.33. The van der Waals surface area contributed by atoms with Gasteiger partial charge in [-0.3, -0.25) is 9.59 Å². The maximum Gasteiger partial charge on any atom is 0.416 e. The van der Waals surface area contributed by atoms with Crippen molar-refractivity contribution in [1.82, 2.24) is 10.6 Å². The number of alkyl halides is 3. The lowest BCUT2D eigenvalue weighted by Gasteiger charge is -2.21. The van der Waals surface area contributed by atoms with Crippen LogP contribution in [-0.4, -0.2) is 11.8 Å². The predicted molar refractivity (Wildman–Crippen MR) is 103 cm³/mol. The first kappa shape index (κ1) is 21.9. The molecule has 2 rings (SSSR count). The largest absolute Gasteiger partial charge is 0.416 e. The van der Waals surface area contributed by atoms with Gasteiger partial charge in [0.05, 0.1) is 24.1 Å². The number of rotatable bonds is 6. The zero-order chi connectivity index (χ0) is 20.9. The topological polar surface area (TPSA) is 58.2 Å². The Hall–Kier alpha value is -2.35. The Labute approximate surface area is 169 Å². The Morgan fingerprint density at radius 1 is 1.04 bits per heavy atom. The smallest absolute Gasteiger partial charge is 0.350 e. The molecule has 0 aromatic heterocycles. The third kappa shape index (κ3) is 6.37. The quantitative estimate of drug-likeness (QED) is 0.648. The second kappa shape index (κ2) is 9.23. The van der Waals surface area contributed by atoms with Crippen molar-refractivity contribution in [3.05, 3.63) is 69.7 Å². The molecule has 0 fully saturated rings. The second-order valence-electron chi connectivity index (χ2n) is 6.42. The molecule has 150 valence electrons. The first-order chi connectivity index (χ1) is 13.1. The fraction of sp³-hybridized carbons (Fsp3) is 0.300. The average molecular weight is 457 g/mol. The van der Waals surface area contributed by atoms with Crippen molar-refractivity contribution in [2.24, 2.45) is 0 Å². The van der Waals surface area contributed by atoms with Gasteiger partial charge in [0.2, 0.25) is 11.8 Å². The number of halogens is 4. The molecule has 0 saturated carbocycles. The number of benzene rings is 2. The van der Waals surface area contributed by atoms with Crippen molar-refractivity contribution in [1.29, 1.82) is 0 Å². The van der Waals surface area contributed by atoms with Gasteiger partial charge in [-0.2, -0.15) is 13.2 Å². The van der Waals surface area contributed by atoms with Crippen LogP contribution in [0.1, 0.15) is 49.0 Å². The van der Waals surface area contributed by atoms with Gasteiger partial charge in [-0.15, -0.1) is 0 Å². The van der Waals surface area contributed by atoms with Gasteiger partial charge in [0, 0.05) is 11.4 Å². The number of carbonyl (C=O) groups excluding carboxylic acids is 2. The summed E-state index contributed by atoms with van der Waals surface area (Å²) in [5.74, 6) is -0.668. The summed E-state index contributed by atoms with van der Waals surface area (Å²) in [6, 6.07) is 10.9. The van der Waals surface area contributed by atoms with Gasteiger partial charge in [0.1, 0.15) is 0 Å². The van der Waals surface area contributed by atoms with E-state index in [9.17, 15) is 22.8 Å². The zero-order valence-corrected chi connectivity index (χ0v) is 16.9. The molecule has 0 bridgehead atoms. The standard InChI is InChI=1S/C20H20BrF3N2O2/c1-12(15-4-3-5-16(10-15)20(22,23)24)25-19(28)11-18(26-13(2)27)14-6-8-17(21)9-7-14/h3-10,12,18H,11H2,1-2H3,(H,25,28)(H,26,27). The van der Waals surface area contributed by atoms with Gasteiger partial charge in [0.25, 0.3) is 0 Å². The molecule has 0 heterocycles. The highest BCUT2D eigenvalue weighted by atomic mass is 79.9. The summed E-state index contributed by atoms with van der Waals surface area (Å²) in [4.78, 5) is 23.9. The van der Waals surface area contributed by atoms with E-state index in [0.29, 0.717) is 5.56 Å². The molecule has 0 aliphatic rings. The van der Waals surface area contributed by atoms with Crippen LogP contribution >= 0.6 is 15.9 Å². The van der Waals surface area contributed by atoms with Gasteiger partial charge in [0.15, 0.2) is 0 Å². The van der Waals surface area contributed by atoms with Gasteiger partial charge < -0.3 is 10.6 Å². The predicted octanol–water partition coefficient (Wildman–Crippen LogP) is 4.91. The van der Waals surface area contributed by atoms with E-state index in [1.807, 2.05) is 0 Å². The molecule has 0 spiro atoms. The first-order valence-corrected chi connectivity index (χ1v) is 9.34. The molecule has 0 aliphatic heterocycles. The molecule has 2 amide bonds. The Balaban J connectivity index is 2.09. The van der Waals surface area contributed by atoms with E-state index in [1.165, 1.54) is 19.1 Å². The Bertz CT molecular complexity index is 838. The van der Waals surface area contributed by atoms with Gasteiger partial charge in [-0.25, -0.2) is 0 Å². The van der Waals surface area contributed by atoms with Crippen LogP contribution in [0.5, 0.6) is 0 Å². The van der Waals surface area contributed by atoms with Crippen molar-refractivity contribution in [3.8, 4) is 0 Å². The molecule has 0 radical (unpaired) electrons. The van der Waals surface area contributed by atoms with Gasteiger partial charge in [-0.1, -0.05) is 40.2 Å². The lowest BCUT2D eigenvalue weighted by molar-refractivity contribution is -0.137. The second-order valence-corrected chi connectivity index (χ2v) is 7.34. The highest BCUT2D eigenvalue weighted by Crippen LogP contribution is 2.30. The summed E-state index contributed by atoms with van der Waals surface area (Å²) in [5.41, 5.74) is 0.334. The molecule has 2 unspecified atom stereocenters. The maximum atomic E-state index is 12.9. The fourth-order valence-corrected chi connectivity index (χ4v) is 3.01. The van der Waals surface area contributed by atoms with Crippen LogP contribution in [0.4, 0.5) is 13.2 Å². The lowest BCUT2D eigenvalue weighted by Crippen LogP contribution is -2.33. The molecule has 2 aromatic rings. The van der Waals surface area contributed by atoms with E-state index in [1.54, 1.807) is 31.2 Å². The summed E-state index contributed by atoms with van der Waals surface area (Å²) in [5, 5.41) is 5.42. The van der Waals surface area contributed by atoms with E-state index in [0.717, 1.165) is 22.2 Å². The normalized spacial score (nSPS) is 13.5. The van der Waals surface area contributed by atoms with Crippen LogP contribution in [0.15, 0.2) is 53.0 Å². The van der Waals surface area contributed by atoms with Gasteiger partial charge in [-0.05, 0) is 42.3 Å². The number of carbonyl (C=O) groups is 2. The molecule has 0 saturated heterocycles. The third-order valence-electron chi connectivity index (χ3n) is 4.13. The number of hydrogen-bond donors (Lipinski definition) is 2. The van der Waals surface area contributed by atoms with Gasteiger partial charge >= 0.3 is 6.18 Å². The van der Waals surface area contributed by atoms with Crippen molar-refractivity contribution in [3.63, 3.8) is 0 Å². The Morgan fingerprint density at radius 2 is 1.68 bits per heavy atom. The number of amides is 2.